The number of aromatic nitrogens is 2. The number of carbonyl (C=O) groups is 1. The van der Waals surface area contributed by atoms with Crippen LogP contribution in [0, 0.1) is 13.8 Å². The van der Waals surface area contributed by atoms with Crippen LogP contribution in [-0.2, 0) is 0 Å². The van der Waals surface area contributed by atoms with Crippen molar-refractivity contribution in [1.29, 1.82) is 0 Å². The van der Waals surface area contributed by atoms with Crippen molar-refractivity contribution in [2.24, 2.45) is 0 Å². The molecule has 1 saturated heterocycles. The molecule has 22 heavy (non-hydrogen) atoms. The fourth-order valence-electron chi connectivity index (χ4n) is 2.75. The van der Waals surface area contributed by atoms with E-state index in [0.29, 0.717) is 18.8 Å². The molecule has 0 saturated carbocycles. The first-order valence-corrected chi connectivity index (χ1v) is 8.18. The van der Waals surface area contributed by atoms with Gasteiger partial charge in [-0.15, -0.1) is 0 Å². The van der Waals surface area contributed by atoms with Crippen molar-refractivity contribution in [2.45, 2.75) is 32.8 Å². The molecule has 2 heterocycles. The average Bonchev–Trinajstić information content (AvgIpc) is 3.05. The highest BCUT2D eigenvalue weighted by Gasteiger charge is 2.26. The summed E-state index contributed by atoms with van der Waals surface area (Å²) in [4.78, 5) is 14.1. The van der Waals surface area contributed by atoms with Crippen molar-refractivity contribution in [3.8, 4) is 5.75 Å². The number of aryl methyl sites for hydroxylation is 2. The normalized spacial score (nSPS) is 15.8. The summed E-state index contributed by atoms with van der Waals surface area (Å²) < 4.78 is 14.1. The second-order valence-corrected chi connectivity index (χ2v) is 6.18. The van der Waals surface area contributed by atoms with Crippen LogP contribution in [0.4, 0.5) is 0 Å². The van der Waals surface area contributed by atoms with Crippen LogP contribution in [0.1, 0.15) is 34.5 Å². The lowest BCUT2D eigenvalue weighted by molar-refractivity contribution is 0.0588. The average molecular weight is 317 g/mol. The zero-order chi connectivity index (χ0) is 15.5. The van der Waals surface area contributed by atoms with Gasteiger partial charge in [0.2, 0.25) is 0 Å². The Bertz CT molecular complexity index is 629. The molecule has 0 spiro atoms. The van der Waals surface area contributed by atoms with Crippen molar-refractivity contribution < 1.29 is 9.53 Å². The Hall–Kier alpha value is -1.95. The number of benzene rings is 1. The Morgan fingerprint density at radius 3 is 2.55 bits per heavy atom. The number of ether oxygens (including phenoxy) is 1. The van der Waals surface area contributed by atoms with E-state index in [1.807, 2.05) is 11.0 Å². The lowest BCUT2D eigenvalue weighted by Crippen LogP contribution is -2.42. The fraction of sp³-hybridized carbons (Fsp3) is 0.438. The molecule has 1 aliphatic rings. The largest absolute Gasteiger partial charge is 0.490 e. The molecule has 0 atom stereocenters. The Kier molecular flexibility index (Phi) is 4.38. The molecule has 0 bridgehead atoms. The maximum absolute atomic E-state index is 12.2. The number of para-hydroxylation sites is 1. The molecule has 0 N–H and O–H groups in total. The van der Waals surface area contributed by atoms with Gasteiger partial charge >= 0.3 is 0 Å². The van der Waals surface area contributed by atoms with Gasteiger partial charge in [-0.25, -0.2) is 0 Å². The maximum Gasteiger partial charge on any atom is 0.275 e. The van der Waals surface area contributed by atoms with Crippen LogP contribution in [0.25, 0.3) is 0 Å². The van der Waals surface area contributed by atoms with Crippen molar-refractivity contribution in [3.63, 3.8) is 0 Å². The molecule has 6 heteroatoms. The predicted octanol–water partition coefficient (Wildman–Crippen LogP) is 2.84. The highest BCUT2D eigenvalue weighted by molar-refractivity contribution is 6.99. The molecule has 0 radical (unpaired) electrons. The van der Waals surface area contributed by atoms with Gasteiger partial charge in [0.05, 0.1) is 17.9 Å². The summed E-state index contributed by atoms with van der Waals surface area (Å²) in [5.41, 5.74) is 2.76. The number of carbonyl (C=O) groups excluding carboxylic acids is 1. The third-order valence-corrected chi connectivity index (χ3v) is 4.48. The molecule has 1 fully saturated rings. The number of likely N-dealkylation sites (tertiary alicyclic amines) is 1. The zero-order valence-corrected chi connectivity index (χ0v) is 13.6. The third kappa shape index (κ3) is 3.11. The van der Waals surface area contributed by atoms with Crippen LogP contribution < -0.4 is 4.74 Å². The molecule has 1 aromatic carbocycles. The number of rotatable bonds is 3. The van der Waals surface area contributed by atoms with Crippen molar-refractivity contribution in [1.82, 2.24) is 13.6 Å². The van der Waals surface area contributed by atoms with Crippen molar-refractivity contribution in [2.75, 3.05) is 13.1 Å². The van der Waals surface area contributed by atoms with E-state index in [4.69, 9.17) is 4.74 Å². The highest BCUT2D eigenvalue weighted by Crippen LogP contribution is 2.26. The Morgan fingerprint density at radius 1 is 1.27 bits per heavy atom. The lowest BCUT2D eigenvalue weighted by atomic mass is 10.1. The van der Waals surface area contributed by atoms with Gasteiger partial charge in [0.1, 0.15) is 11.9 Å². The Labute approximate surface area is 134 Å². The molecular formula is C16H19N3O2S. The second-order valence-electron chi connectivity index (χ2n) is 5.62. The number of hydrogen-bond donors (Lipinski definition) is 0. The fourth-order valence-corrected chi connectivity index (χ4v) is 3.16. The zero-order valence-electron chi connectivity index (χ0n) is 12.8. The van der Waals surface area contributed by atoms with Crippen LogP contribution in [0.5, 0.6) is 5.75 Å². The molecular weight excluding hydrogens is 298 g/mol. The first-order valence-electron chi connectivity index (χ1n) is 7.45. The standard InChI is InChI=1S/C16H19N3O2S/c1-11-4-3-5-12(2)15(11)21-13-6-8-19(9-7-13)16(20)14-10-17-22-18-14/h3-5,10,13H,6-9H2,1-2H3. The van der Waals surface area contributed by atoms with E-state index in [1.54, 1.807) is 0 Å². The third-order valence-electron chi connectivity index (χ3n) is 4.00. The van der Waals surface area contributed by atoms with Crippen molar-refractivity contribution in [3.05, 3.63) is 41.2 Å². The predicted molar refractivity (Wildman–Crippen MR) is 85.4 cm³/mol. The van der Waals surface area contributed by atoms with E-state index in [1.165, 1.54) is 6.20 Å². The molecule has 116 valence electrons. The second kappa shape index (κ2) is 6.44. The Morgan fingerprint density at radius 2 is 1.95 bits per heavy atom. The Balaban J connectivity index is 1.59. The van der Waals surface area contributed by atoms with Crippen LogP contribution in [0.2, 0.25) is 0 Å². The minimum Gasteiger partial charge on any atom is -0.490 e. The topological polar surface area (TPSA) is 55.3 Å². The minimum atomic E-state index is -0.0285. The highest BCUT2D eigenvalue weighted by atomic mass is 32.1. The molecule has 3 rings (SSSR count). The van der Waals surface area contributed by atoms with E-state index < -0.39 is 0 Å². The van der Waals surface area contributed by atoms with Crippen LogP contribution >= 0.6 is 11.7 Å². The maximum atomic E-state index is 12.2. The number of hydrogen-bond acceptors (Lipinski definition) is 5. The molecule has 1 aliphatic heterocycles. The molecule has 5 nitrogen and oxygen atoms in total. The van der Waals surface area contributed by atoms with Gasteiger partial charge < -0.3 is 9.64 Å². The van der Waals surface area contributed by atoms with Gasteiger partial charge in [0, 0.05) is 25.9 Å². The summed E-state index contributed by atoms with van der Waals surface area (Å²) in [6.45, 7) is 5.53. The van der Waals surface area contributed by atoms with E-state index in [9.17, 15) is 4.79 Å². The molecule has 1 aromatic heterocycles. The molecule has 0 aliphatic carbocycles. The smallest absolute Gasteiger partial charge is 0.275 e. The molecule has 2 aromatic rings. The molecule has 1 amide bonds. The monoisotopic (exact) mass is 317 g/mol. The van der Waals surface area contributed by atoms with E-state index in [0.717, 1.165) is 41.4 Å². The summed E-state index contributed by atoms with van der Waals surface area (Å²) in [7, 11) is 0. The summed E-state index contributed by atoms with van der Waals surface area (Å²) in [6, 6.07) is 6.17. The van der Waals surface area contributed by atoms with Gasteiger partial charge in [-0.05, 0) is 25.0 Å². The summed E-state index contributed by atoms with van der Waals surface area (Å²) in [6.07, 6.45) is 3.39. The summed E-state index contributed by atoms with van der Waals surface area (Å²) in [5.74, 6) is 0.954. The summed E-state index contributed by atoms with van der Waals surface area (Å²) >= 11 is 1.07. The van der Waals surface area contributed by atoms with Gasteiger partial charge in [-0.2, -0.15) is 8.75 Å². The number of nitrogens with zero attached hydrogens (tertiary/aromatic N) is 3. The SMILES string of the molecule is Cc1cccc(C)c1OC1CCN(C(=O)c2cnsn2)CC1. The van der Waals surface area contributed by atoms with Crippen molar-refractivity contribution >= 4 is 17.6 Å². The minimum absolute atomic E-state index is 0.0285. The van der Waals surface area contributed by atoms with E-state index >= 15 is 0 Å². The van der Waals surface area contributed by atoms with Crippen LogP contribution in [0.3, 0.4) is 0 Å². The van der Waals surface area contributed by atoms with E-state index in [2.05, 4.69) is 34.7 Å². The number of piperidine rings is 1. The quantitative estimate of drug-likeness (QED) is 0.873. The van der Waals surface area contributed by atoms with Gasteiger partial charge in [0.25, 0.3) is 5.91 Å². The number of amides is 1. The van der Waals surface area contributed by atoms with E-state index in [-0.39, 0.29) is 12.0 Å². The first kappa shape index (κ1) is 15.0. The summed E-state index contributed by atoms with van der Waals surface area (Å²) in [5, 5.41) is 0. The van der Waals surface area contributed by atoms with Crippen LogP contribution in [-0.4, -0.2) is 38.7 Å². The lowest BCUT2D eigenvalue weighted by Gasteiger charge is -2.32. The molecule has 0 unspecified atom stereocenters. The van der Waals surface area contributed by atoms with Crippen LogP contribution in [0.15, 0.2) is 24.4 Å². The van der Waals surface area contributed by atoms with Gasteiger partial charge in [-0.1, -0.05) is 18.2 Å². The van der Waals surface area contributed by atoms with Gasteiger partial charge in [0.15, 0.2) is 5.69 Å². The van der Waals surface area contributed by atoms with Gasteiger partial charge in [-0.3, -0.25) is 4.79 Å². The first-order chi connectivity index (χ1) is 10.6.